The maximum absolute atomic E-state index is 13.4. The molecule has 21 heavy (non-hydrogen) atoms. The van der Waals surface area contributed by atoms with E-state index in [9.17, 15) is 9.18 Å². The van der Waals surface area contributed by atoms with Crippen LogP contribution < -0.4 is 4.90 Å². The number of morpholine rings is 1. The standard InChI is InChI=1S/C15H21FN2O3/c16-13-2-1-3-14(12-13)18(5-4-15(19)20)7-6-17-8-10-21-11-9-17/h1-3,12H,4-11H2,(H,19,20). The van der Waals surface area contributed by atoms with E-state index in [4.69, 9.17) is 9.84 Å². The molecule has 1 saturated heterocycles. The number of carboxylic acids is 1. The van der Waals surface area contributed by atoms with Gasteiger partial charge >= 0.3 is 5.97 Å². The molecule has 2 rings (SSSR count). The van der Waals surface area contributed by atoms with Crippen molar-refractivity contribution in [2.75, 3.05) is 50.8 Å². The second kappa shape index (κ2) is 7.95. The van der Waals surface area contributed by atoms with E-state index >= 15 is 0 Å². The summed E-state index contributed by atoms with van der Waals surface area (Å²) in [4.78, 5) is 15.0. The van der Waals surface area contributed by atoms with Crippen LogP contribution in [0.3, 0.4) is 0 Å². The Morgan fingerprint density at radius 2 is 2.10 bits per heavy atom. The van der Waals surface area contributed by atoms with E-state index in [1.165, 1.54) is 12.1 Å². The number of benzene rings is 1. The summed E-state index contributed by atoms with van der Waals surface area (Å²) in [5.74, 6) is -1.15. The van der Waals surface area contributed by atoms with Crippen LogP contribution in [0.4, 0.5) is 10.1 Å². The van der Waals surface area contributed by atoms with Crippen LogP contribution in [0.2, 0.25) is 0 Å². The number of anilines is 1. The van der Waals surface area contributed by atoms with Gasteiger partial charge in [0.15, 0.2) is 0 Å². The van der Waals surface area contributed by atoms with Crippen LogP contribution in [0.15, 0.2) is 24.3 Å². The van der Waals surface area contributed by atoms with Gasteiger partial charge in [-0.15, -0.1) is 0 Å². The number of nitrogens with zero attached hydrogens (tertiary/aromatic N) is 2. The highest BCUT2D eigenvalue weighted by Gasteiger charge is 2.14. The van der Waals surface area contributed by atoms with Gasteiger partial charge in [-0.25, -0.2) is 4.39 Å². The van der Waals surface area contributed by atoms with E-state index in [1.807, 2.05) is 11.0 Å². The molecule has 0 aromatic heterocycles. The van der Waals surface area contributed by atoms with Crippen LogP contribution in [-0.2, 0) is 9.53 Å². The van der Waals surface area contributed by atoms with Gasteiger partial charge in [0, 0.05) is 38.4 Å². The highest BCUT2D eigenvalue weighted by atomic mass is 19.1. The Bertz CT molecular complexity index is 464. The number of aliphatic carboxylic acids is 1. The van der Waals surface area contributed by atoms with Crippen molar-refractivity contribution in [3.63, 3.8) is 0 Å². The molecule has 1 aliphatic heterocycles. The van der Waals surface area contributed by atoms with Crippen LogP contribution in [-0.4, -0.2) is 61.9 Å². The zero-order valence-corrected chi connectivity index (χ0v) is 12.0. The highest BCUT2D eigenvalue weighted by molar-refractivity contribution is 5.67. The summed E-state index contributed by atoms with van der Waals surface area (Å²) in [6, 6.07) is 6.29. The van der Waals surface area contributed by atoms with E-state index in [-0.39, 0.29) is 12.2 Å². The van der Waals surface area contributed by atoms with Gasteiger partial charge < -0.3 is 14.7 Å². The Kier molecular flexibility index (Phi) is 5.95. The first-order chi connectivity index (χ1) is 10.1. The van der Waals surface area contributed by atoms with E-state index in [0.717, 1.165) is 38.5 Å². The van der Waals surface area contributed by atoms with Crippen molar-refractivity contribution in [3.8, 4) is 0 Å². The molecule has 1 N–H and O–H groups in total. The Labute approximate surface area is 123 Å². The largest absolute Gasteiger partial charge is 0.481 e. The van der Waals surface area contributed by atoms with Crippen LogP contribution in [0.1, 0.15) is 6.42 Å². The SMILES string of the molecule is O=C(O)CCN(CCN1CCOCC1)c1cccc(F)c1. The van der Waals surface area contributed by atoms with E-state index in [2.05, 4.69) is 4.90 Å². The predicted molar refractivity (Wildman–Crippen MR) is 78.1 cm³/mol. The first-order valence-electron chi connectivity index (χ1n) is 7.17. The normalized spacial score (nSPS) is 15.9. The molecule has 1 aliphatic rings. The number of hydrogen-bond donors (Lipinski definition) is 1. The fourth-order valence-electron chi connectivity index (χ4n) is 2.36. The molecule has 0 aliphatic carbocycles. The minimum Gasteiger partial charge on any atom is -0.481 e. The maximum atomic E-state index is 13.4. The lowest BCUT2D eigenvalue weighted by Gasteiger charge is -2.31. The minimum atomic E-state index is -0.845. The molecular weight excluding hydrogens is 275 g/mol. The van der Waals surface area contributed by atoms with Crippen molar-refractivity contribution < 1.29 is 19.0 Å². The van der Waals surface area contributed by atoms with Gasteiger partial charge in [0.25, 0.3) is 0 Å². The minimum absolute atomic E-state index is 0.0413. The first-order valence-corrected chi connectivity index (χ1v) is 7.17. The molecule has 0 bridgehead atoms. The fraction of sp³-hybridized carbons (Fsp3) is 0.533. The third-order valence-electron chi connectivity index (χ3n) is 3.56. The molecule has 1 aromatic rings. The van der Waals surface area contributed by atoms with Gasteiger partial charge in [0.2, 0.25) is 0 Å². The van der Waals surface area contributed by atoms with E-state index < -0.39 is 5.97 Å². The molecule has 5 nitrogen and oxygen atoms in total. The number of carboxylic acid groups (broad SMARTS) is 1. The summed E-state index contributed by atoms with van der Waals surface area (Å²) in [5.41, 5.74) is 0.726. The Balaban J connectivity index is 1.95. The second-order valence-electron chi connectivity index (χ2n) is 5.06. The lowest BCUT2D eigenvalue weighted by atomic mass is 10.2. The maximum Gasteiger partial charge on any atom is 0.305 e. The molecule has 0 spiro atoms. The number of rotatable bonds is 7. The van der Waals surface area contributed by atoms with Crippen molar-refractivity contribution >= 4 is 11.7 Å². The molecule has 1 fully saturated rings. The molecule has 1 heterocycles. The summed E-state index contributed by atoms with van der Waals surface area (Å²) < 4.78 is 18.7. The molecule has 0 saturated carbocycles. The third kappa shape index (κ3) is 5.32. The van der Waals surface area contributed by atoms with E-state index in [0.29, 0.717) is 13.1 Å². The summed E-state index contributed by atoms with van der Waals surface area (Å²) in [5, 5.41) is 8.85. The van der Waals surface area contributed by atoms with Gasteiger partial charge in [0.05, 0.1) is 19.6 Å². The molecule has 0 atom stereocenters. The van der Waals surface area contributed by atoms with Crippen LogP contribution in [0.25, 0.3) is 0 Å². The van der Waals surface area contributed by atoms with Gasteiger partial charge in [-0.2, -0.15) is 0 Å². The third-order valence-corrected chi connectivity index (χ3v) is 3.56. The number of hydrogen-bond acceptors (Lipinski definition) is 4. The lowest BCUT2D eigenvalue weighted by Crippen LogP contribution is -2.42. The second-order valence-corrected chi connectivity index (χ2v) is 5.06. The topological polar surface area (TPSA) is 53.0 Å². The monoisotopic (exact) mass is 296 g/mol. The summed E-state index contributed by atoms with van der Waals surface area (Å²) in [6.45, 7) is 5.11. The Hall–Kier alpha value is -1.66. The van der Waals surface area contributed by atoms with Crippen molar-refractivity contribution in [1.29, 1.82) is 0 Å². The van der Waals surface area contributed by atoms with E-state index in [1.54, 1.807) is 6.07 Å². The Morgan fingerprint density at radius 3 is 2.76 bits per heavy atom. The zero-order chi connectivity index (χ0) is 15.1. The summed E-state index contributed by atoms with van der Waals surface area (Å²) >= 11 is 0. The number of carbonyl (C=O) groups is 1. The lowest BCUT2D eigenvalue weighted by molar-refractivity contribution is -0.136. The van der Waals surface area contributed by atoms with Crippen molar-refractivity contribution in [2.24, 2.45) is 0 Å². The molecular formula is C15H21FN2O3. The van der Waals surface area contributed by atoms with Crippen LogP contribution >= 0.6 is 0 Å². The van der Waals surface area contributed by atoms with Crippen LogP contribution in [0, 0.1) is 5.82 Å². The summed E-state index contributed by atoms with van der Waals surface area (Å²) in [7, 11) is 0. The first kappa shape index (κ1) is 15.7. The van der Waals surface area contributed by atoms with Gasteiger partial charge in [-0.1, -0.05) is 6.07 Å². The zero-order valence-electron chi connectivity index (χ0n) is 12.0. The fourth-order valence-corrected chi connectivity index (χ4v) is 2.36. The molecule has 1 aromatic carbocycles. The molecule has 116 valence electrons. The van der Waals surface area contributed by atoms with Crippen molar-refractivity contribution in [1.82, 2.24) is 4.90 Å². The molecule has 6 heteroatoms. The average molecular weight is 296 g/mol. The van der Waals surface area contributed by atoms with Gasteiger partial charge in [-0.05, 0) is 18.2 Å². The Morgan fingerprint density at radius 1 is 1.33 bits per heavy atom. The highest BCUT2D eigenvalue weighted by Crippen LogP contribution is 2.16. The predicted octanol–water partition coefficient (Wildman–Crippen LogP) is 1.44. The number of ether oxygens (including phenoxy) is 1. The number of halogens is 1. The van der Waals surface area contributed by atoms with Crippen molar-refractivity contribution in [2.45, 2.75) is 6.42 Å². The van der Waals surface area contributed by atoms with Crippen LogP contribution in [0.5, 0.6) is 0 Å². The van der Waals surface area contributed by atoms with Crippen molar-refractivity contribution in [3.05, 3.63) is 30.1 Å². The van der Waals surface area contributed by atoms with Gasteiger partial charge in [0.1, 0.15) is 5.82 Å². The molecule has 0 amide bonds. The average Bonchev–Trinajstić information content (AvgIpc) is 2.48. The molecule has 0 unspecified atom stereocenters. The summed E-state index contributed by atoms with van der Waals surface area (Å²) in [6.07, 6.45) is 0.0413. The van der Waals surface area contributed by atoms with Gasteiger partial charge in [-0.3, -0.25) is 9.69 Å². The molecule has 0 radical (unpaired) electrons. The smallest absolute Gasteiger partial charge is 0.305 e. The quantitative estimate of drug-likeness (QED) is 0.825.